The molecule has 0 radical (unpaired) electrons. The molecule has 0 unspecified atom stereocenters. The van der Waals surface area contributed by atoms with Crippen LogP contribution in [0.1, 0.15) is 136 Å². The van der Waals surface area contributed by atoms with Crippen molar-refractivity contribution < 1.29 is 9.53 Å². The van der Waals surface area contributed by atoms with Crippen molar-refractivity contribution in [3.63, 3.8) is 0 Å². The highest BCUT2D eigenvalue weighted by atomic mass is 16.5. The van der Waals surface area contributed by atoms with Gasteiger partial charge in [-0.25, -0.2) is 0 Å². The average molecular weight is 419 g/mol. The molecular formula is C28H50O2. The monoisotopic (exact) mass is 418 g/mol. The molecule has 0 bridgehead atoms. The molecule has 0 saturated heterocycles. The first-order chi connectivity index (χ1) is 14.5. The Bertz CT molecular complexity index is 491. The highest BCUT2D eigenvalue weighted by molar-refractivity contribution is 5.69. The molecule has 30 heavy (non-hydrogen) atoms. The molecule has 174 valence electrons. The zero-order chi connectivity index (χ0) is 22.0. The summed E-state index contributed by atoms with van der Waals surface area (Å²) >= 11 is 0. The maximum Gasteiger partial charge on any atom is 0.306 e. The van der Waals surface area contributed by atoms with Gasteiger partial charge in [0, 0.05) is 6.42 Å². The zero-order valence-corrected chi connectivity index (χ0v) is 20.5. The van der Waals surface area contributed by atoms with E-state index in [9.17, 15) is 4.79 Å². The van der Waals surface area contributed by atoms with Gasteiger partial charge in [0.05, 0.1) is 0 Å². The number of carbonyl (C=O) groups excluding carboxylic acids is 1. The van der Waals surface area contributed by atoms with Crippen LogP contribution >= 0.6 is 0 Å². The Morgan fingerprint density at radius 1 is 0.900 bits per heavy atom. The Morgan fingerprint density at radius 2 is 1.37 bits per heavy atom. The quantitative estimate of drug-likeness (QED) is 0.126. The smallest absolute Gasteiger partial charge is 0.306 e. The standard InChI is InChI=1S/C28H50O2/c1-5-6-7-8-9-10-11-12-13-14-15-16-17-18-19-20-28(29)30-27-23-26(24(2)3)22-21-25(27)4/h21,26-27H,2,5-20,22-23H2,1,3-4H3/t26-,27+/m1/s1. The first-order valence-electron chi connectivity index (χ1n) is 13.1. The lowest BCUT2D eigenvalue weighted by atomic mass is 9.84. The third kappa shape index (κ3) is 13.3. The van der Waals surface area contributed by atoms with Crippen LogP contribution in [0.25, 0.3) is 0 Å². The van der Waals surface area contributed by atoms with E-state index in [1.54, 1.807) is 0 Å². The van der Waals surface area contributed by atoms with Crippen molar-refractivity contribution in [2.45, 2.75) is 142 Å². The second-order valence-corrected chi connectivity index (χ2v) is 9.64. The predicted octanol–water partition coefficient (Wildman–Crippen LogP) is 9.09. The summed E-state index contributed by atoms with van der Waals surface area (Å²) in [6, 6.07) is 0. The molecule has 0 aromatic carbocycles. The highest BCUT2D eigenvalue weighted by Gasteiger charge is 2.25. The van der Waals surface area contributed by atoms with Gasteiger partial charge in [0.2, 0.25) is 0 Å². The Hall–Kier alpha value is -1.05. The molecular weight excluding hydrogens is 368 g/mol. The van der Waals surface area contributed by atoms with Gasteiger partial charge in [-0.05, 0) is 44.6 Å². The molecule has 0 saturated carbocycles. The van der Waals surface area contributed by atoms with E-state index >= 15 is 0 Å². The molecule has 0 spiro atoms. The minimum Gasteiger partial charge on any atom is -0.458 e. The van der Waals surface area contributed by atoms with Crippen LogP contribution < -0.4 is 0 Å². The van der Waals surface area contributed by atoms with Crippen molar-refractivity contribution >= 4 is 5.97 Å². The molecule has 0 aromatic rings. The molecule has 2 nitrogen and oxygen atoms in total. The number of rotatable bonds is 18. The number of hydrogen-bond acceptors (Lipinski definition) is 2. The van der Waals surface area contributed by atoms with Gasteiger partial charge < -0.3 is 4.74 Å². The molecule has 0 aliphatic heterocycles. The van der Waals surface area contributed by atoms with E-state index < -0.39 is 0 Å². The van der Waals surface area contributed by atoms with Crippen molar-refractivity contribution in [2.24, 2.45) is 5.92 Å². The first-order valence-corrected chi connectivity index (χ1v) is 13.1. The van der Waals surface area contributed by atoms with Gasteiger partial charge >= 0.3 is 5.97 Å². The van der Waals surface area contributed by atoms with E-state index in [4.69, 9.17) is 4.74 Å². The average Bonchev–Trinajstić information content (AvgIpc) is 2.72. The minimum atomic E-state index is -0.0377. The SMILES string of the molecule is C=C(C)[C@@H]1CC=C(C)[C@@H](OC(=O)CCCCCCCCCCCCCCCCC)C1. The summed E-state index contributed by atoms with van der Waals surface area (Å²) in [5.41, 5.74) is 2.40. The summed E-state index contributed by atoms with van der Waals surface area (Å²) in [4.78, 5) is 12.2. The van der Waals surface area contributed by atoms with Gasteiger partial charge in [-0.3, -0.25) is 4.79 Å². The van der Waals surface area contributed by atoms with E-state index in [-0.39, 0.29) is 12.1 Å². The number of hydrogen-bond donors (Lipinski definition) is 0. The molecule has 1 aliphatic carbocycles. The number of allylic oxidation sites excluding steroid dienone is 2. The molecule has 0 N–H and O–H groups in total. The summed E-state index contributed by atoms with van der Waals surface area (Å²) in [6.45, 7) is 10.5. The van der Waals surface area contributed by atoms with Crippen molar-refractivity contribution in [2.75, 3.05) is 0 Å². The molecule has 0 aromatic heterocycles. The first kappa shape index (κ1) is 27.0. The van der Waals surface area contributed by atoms with E-state index in [1.165, 1.54) is 94.6 Å². The van der Waals surface area contributed by atoms with Crippen LogP contribution in [-0.2, 0) is 9.53 Å². The molecule has 0 amide bonds. The van der Waals surface area contributed by atoms with Crippen LogP contribution in [0.2, 0.25) is 0 Å². The fourth-order valence-electron chi connectivity index (χ4n) is 4.40. The highest BCUT2D eigenvalue weighted by Crippen LogP contribution is 2.30. The van der Waals surface area contributed by atoms with Gasteiger partial charge in [-0.15, -0.1) is 0 Å². The Morgan fingerprint density at radius 3 is 1.83 bits per heavy atom. The van der Waals surface area contributed by atoms with Crippen LogP contribution in [0.15, 0.2) is 23.8 Å². The maximum absolute atomic E-state index is 12.2. The third-order valence-corrected chi connectivity index (χ3v) is 6.69. The second-order valence-electron chi connectivity index (χ2n) is 9.64. The van der Waals surface area contributed by atoms with Crippen LogP contribution in [0, 0.1) is 5.92 Å². The van der Waals surface area contributed by atoms with Gasteiger partial charge in [0.1, 0.15) is 6.10 Å². The summed E-state index contributed by atoms with van der Waals surface area (Å²) in [7, 11) is 0. The zero-order valence-electron chi connectivity index (χ0n) is 20.5. The number of carbonyl (C=O) groups is 1. The summed E-state index contributed by atoms with van der Waals surface area (Å²) in [5.74, 6) is 0.433. The topological polar surface area (TPSA) is 26.3 Å². The van der Waals surface area contributed by atoms with Gasteiger partial charge in [-0.2, -0.15) is 0 Å². The summed E-state index contributed by atoms with van der Waals surface area (Å²) < 4.78 is 5.75. The Kier molecular flexibility index (Phi) is 15.8. The van der Waals surface area contributed by atoms with E-state index in [2.05, 4.69) is 33.4 Å². The summed E-state index contributed by atoms with van der Waals surface area (Å²) in [6.07, 6.45) is 24.9. The molecule has 0 heterocycles. The fraction of sp³-hybridized carbons (Fsp3) is 0.821. The largest absolute Gasteiger partial charge is 0.458 e. The van der Waals surface area contributed by atoms with Crippen LogP contribution in [0.5, 0.6) is 0 Å². The lowest BCUT2D eigenvalue weighted by Crippen LogP contribution is -2.26. The minimum absolute atomic E-state index is 0.0233. The van der Waals surface area contributed by atoms with Crippen molar-refractivity contribution in [1.29, 1.82) is 0 Å². The van der Waals surface area contributed by atoms with E-state index in [0.29, 0.717) is 12.3 Å². The molecule has 2 heteroatoms. The van der Waals surface area contributed by atoms with Crippen LogP contribution in [0.4, 0.5) is 0 Å². The van der Waals surface area contributed by atoms with Gasteiger partial charge in [0.15, 0.2) is 0 Å². The van der Waals surface area contributed by atoms with Gasteiger partial charge in [-0.1, -0.05) is 115 Å². The number of ether oxygens (including phenoxy) is 1. The van der Waals surface area contributed by atoms with Crippen molar-refractivity contribution in [1.82, 2.24) is 0 Å². The molecule has 1 aliphatic rings. The van der Waals surface area contributed by atoms with Crippen molar-refractivity contribution in [3.8, 4) is 0 Å². The lowest BCUT2D eigenvalue weighted by Gasteiger charge is -2.28. The fourth-order valence-corrected chi connectivity index (χ4v) is 4.40. The van der Waals surface area contributed by atoms with E-state index in [1.807, 2.05) is 0 Å². The lowest BCUT2D eigenvalue weighted by molar-refractivity contribution is -0.148. The molecule has 1 rings (SSSR count). The Labute approximate surface area is 187 Å². The summed E-state index contributed by atoms with van der Waals surface area (Å²) in [5, 5.41) is 0. The van der Waals surface area contributed by atoms with E-state index in [0.717, 1.165) is 25.7 Å². The predicted molar refractivity (Wildman–Crippen MR) is 131 cm³/mol. The van der Waals surface area contributed by atoms with Crippen LogP contribution in [-0.4, -0.2) is 12.1 Å². The van der Waals surface area contributed by atoms with Crippen LogP contribution in [0.3, 0.4) is 0 Å². The number of esters is 1. The Balaban J connectivity index is 1.91. The number of unbranched alkanes of at least 4 members (excludes halogenated alkanes) is 14. The molecule has 2 atom stereocenters. The van der Waals surface area contributed by atoms with Gasteiger partial charge in [0.25, 0.3) is 0 Å². The molecule has 0 fully saturated rings. The van der Waals surface area contributed by atoms with Crippen molar-refractivity contribution in [3.05, 3.63) is 23.8 Å². The normalized spacial score (nSPS) is 18.8. The second kappa shape index (κ2) is 17.6. The third-order valence-electron chi connectivity index (χ3n) is 6.69. The maximum atomic E-state index is 12.2.